The Morgan fingerprint density at radius 1 is 1.38 bits per heavy atom. The number of esters is 1. The molecule has 0 radical (unpaired) electrons. The van der Waals surface area contributed by atoms with Crippen LogP contribution in [0.2, 0.25) is 5.02 Å². The summed E-state index contributed by atoms with van der Waals surface area (Å²) in [5.74, 6) is -0.290. The molecule has 1 aromatic heterocycles. The number of nitrogens with one attached hydrogen (secondary N) is 1. The van der Waals surface area contributed by atoms with Gasteiger partial charge in [0.25, 0.3) is 0 Å². The molecule has 24 heavy (non-hydrogen) atoms. The fraction of sp³-hybridized carbons (Fsp3) is 0.312. The summed E-state index contributed by atoms with van der Waals surface area (Å²) in [7, 11) is 1.27. The molecule has 0 saturated heterocycles. The first-order chi connectivity index (χ1) is 11.6. The van der Waals surface area contributed by atoms with Crippen molar-refractivity contribution in [3.63, 3.8) is 0 Å². The second-order valence-corrected chi connectivity index (χ2v) is 5.85. The van der Waals surface area contributed by atoms with Crippen molar-refractivity contribution in [1.29, 1.82) is 0 Å². The summed E-state index contributed by atoms with van der Waals surface area (Å²) in [5.41, 5.74) is 0.735. The van der Waals surface area contributed by atoms with E-state index in [9.17, 15) is 9.59 Å². The van der Waals surface area contributed by atoms with Crippen LogP contribution in [0.15, 0.2) is 34.9 Å². The summed E-state index contributed by atoms with van der Waals surface area (Å²) in [6, 6.07) is 6.76. The number of urea groups is 1. The number of amides is 2. The van der Waals surface area contributed by atoms with Crippen molar-refractivity contribution in [2.45, 2.75) is 25.4 Å². The molecule has 8 heteroatoms. The Morgan fingerprint density at radius 2 is 2.08 bits per heavy atom. The highest BCUT2D eigenvalue weighted by atomic mass is 35.5. The van der Waals surface area contributed by atoms with Gasteiger partial charge in [0, 0.05) is 16.8 Å². The third kappa shape index (κ3) is 3.86. The van der Waals surface area contributed by atoms with E-state index in [1.165, 1.54) is 13.4 Å². The topological polar surface area (TPSA) is 84.7 Å². The van der Waals surface area contributed by atoms with Crippen molar-refractivity contribution in [2.24, 2.45) is 0 Å². The van der Waals surface area contributed by atoms with Gasteiger partial charge in [-0.15, -0.1) is 0 Å². The van der Waals surface area contributed by atoms with E-state index >= 15 is 0 Å². The Balaban J connectivity index is 1.68. The summed E-state index contributed by atoms with van der Waals surface area (Å²) in [4.78, 5) is 29.6. The van der Waals surface area contributed by atoms with Gasteiger partial charge in [-0.1, -0.05) is 11.6 Å². The van der Waals surface area contributed by atoms with Crippen LogP contribution >= 0.6 is 11.6 Å². The van der Waals surface area contributed by atoms with Crippen molar-refractivity contribution < 1.29 is 18.7 Å². The molecule has 1 N–H and O–H groups in total. The summed E-state index contributed by atoms with van der Waals surface area (Å²) < 4.78 is 9.85. The molecule has 1 aliphatic carbocycles. The zero-order chi connectivity index (χ0) is 17.1. The molecule has 1 heterocycles. The summed E-state index contributed by atoms with van der Waals surface area (Å²) >= 11 is 5.84. The Bertz CT molecular complexity index is 740. The highest BCUT2D eigenvalue weighted by molar-refractivity contribution is 6.30. The van der Waals surface area contributed by atoms with Crippen molar-refractivity contribution in [1.82, 2.24) is 9.88 Å². The van der Waals surface area contributed by atoms with Crippen LogP contribution < -0.4 is 5.32 Å². The van der Waals surface area contributed by atoms with Crippen molar-refractivity contribution >= 4 is 29.3 Å². The minimum atomic E-state index is -0.575. The molecule has 7 nitrogen and oxygen atoms in total. The molecule has 0 unspecified atom stereocenters. The highest BCUT2D eigenvalue weighted by Crippen LogP contribution is 2.29. The Kier molecular flexibility index (Phi) is 4.71. The van der Waals surface area contributed by atoms with E-state index in [1.807, 2.05) is 0 Å². The summed E-state index contributed by atoms with van der Waals surface area (Å²) in [6.45, 7) is 0.182. The van der Waals surface area contributed by atoms with Crippen LogP contribution in [0, 0.1) is 0 Å². The van der Waals surface area contributed by atoms with E-state index < -0.39 is 5.97 Å². The minimum absolute atomic E-state index is 0.0846. The fourth-order valence-corrected chi connectivity index (χ4v) is 2.33. The fourth-order valence-electron chi connectivity index (χ4n) is 2.21. The maximum absolute atomic E-state index is 12.5. The van der Waals surface area contributed by atoms with Gasteiger partial charge in [0.15, 0.2) is 5.69 Å². The number of aromatic nitrogens is 1. The molecule has 0 atom stereocenters. The number of rotatable bonds is 5. The van der Waals surface area contributed by atoms with E-state index in [-0.39, 0.29) is 30.2 Å². The molecule has 2 aromatic rings. The zero-order valence-corrected chi connectivity index (χ0v) is 13.7. The minimum Gasteiger partial charge on any atom is -0.464 e. The standard InChI is InChI=1S/C16H16ClN3O4/c1-23-15(21)13-9-24-14(19-13)8-20(12-6-7-12)16(22)18-11-4-2-10(17)3-5-11/h2-5,9,12H,6-8H2,1H3,(H,18,22). The molecule has 2 amide bonds. The van der Waals surface area contributed by atoms with E-state index in [4.69, 9.17) is 16.0 Å². The summed E-state index contributed by atoms with van der Waals surface area (Å²) in [6.07, 6.45) is 3.08. The van der Waals surface area contributed by atoms with Gasteiger partial charge in [-0.2, -0.15) is 0 Å². The van der Waals surface area contributed by atoms with Crippen LogP contribution in [0.5, 0.6) is 0 Å². The lowest BCUT2D eigenvalue weighted by molar-refractivity contribution is 0.0594. The monoisotopic (exact) mass is 349 g/mol. The maximum Gasteiger partial charge on any atom is 0.360 e. The molecule has 1 aromatic carbocycles. The van der Waals surface area contributed by atoms with Crippen LogP contribution in [0.1, 0.15) is 29.2 Å². The van der Waals surface area contributed by atoms with Gasteiger partial charge in [0.2, 0.25) is 5.89 Å². The van der Waals surface area contributed by atoms with E-state index in [0.29, 0.717) is 10.7 Å². The Morgan fingerprint density at radius 3 is 2.71 bits per heavy atom. The molecule has 0 spiro atoms. The largest absolute Gasteiger partial charge is 0.464 e. The lowest BCUT2D eigenvalue weighted by Gasteiger charge is -2.21. The van der Waals surface area contributed by atoms with Crippen LogP contribution in [0.3, 0.4) is 0 Å². The van der Waals surface area contributed by atoms with Crippen LogP contribution in [-0.2, 0) is 11.3 Å². The highest BCUT2D eigenvalue weighted by Gasteiger charge is 2.34. The second kappa shape index (κ2) is 6.92. The van der Waals surface area contributed by atoms with Crippen molar-refractivity contribution in [2.75, 3.05) is 12.4 Å². The predicted molar refractivity (Wildman–Crippen MR) is 86.9 cm³/mol. The molecule has 0 bridgehead atoms. The number of halogens is 1. The smallest absolute Gasteiger partial charge is 0.360 e. The van der Waals surface area contributed by atoms with Gasteiger partial charge in [-0.3, -0.25) is 0 Å². The lowest BCUT2D eigenvalue weighted by atomic mass is 10.3. The molecule has 3 rings (SSSR count). The van der Waals surface area contributed by atoms with Crippen LogP contribution in [0.25, 0.3) is 0 Å². The SMILES string of the molecule is COC(=O)c1coc(CN(C(=O)Nc2ccc(Cl)cc2)C2CC2)n1. The van der Waals surface area contributed by atoms with Gasteiger partial charge >= 0.3 is 12.0 Å². The first-order valence-corrected chi connectivity index (χ1v) is 7.80. The van der Waals surface area contributed by atoms with Gasteiger partial charge in [0.1, 0.15) is 6.26 Å². The average molecular weight is 350 g/mol. The first kappa shape index (κ1) is 16.3. The Labute approximate surface area is 143 Å². The maximum atomic E-state index is 12.5. The van der Waals surface area contributed by atoms with E-state index in [0.717, 1.165) is 12.8 Å². The molecule has 1 fully saturated rings. The number of ether oxygens (including phenoxy) is 1. The number of hydrogen-bond acceptors (Lipinski definition) is 5. The lowest BCUT2D eigenvalue weighted by Crippen LogP contribution is -2.36. The number of carbonyl (C=O) groups is 2. The third-order valence-electron chi connectivity index (χ3n) is 3.60. The molecule has 1 aliphatic rings. The summed E-state index contributed by atoms with van der Waals surface area (Å²) in [5, 5.41) is 3.42. The van der Waals surface area contributed by atoms with Gasteiger partial charge in [0.05, 0.1) is 13.7 Å². The number of methoxy groups -OCH3 is 1. The Hall–Kier alpha value is -2.54. The van der Waals surface area contributed by atoms with Crippen LogP contribution in [0.4, 0.5) is 10.5 Å². The van der Waals surface area contributed by atoms with E-state index in [2.05, 4.69) is 15.0 Å². The quantitative estimate of drug-likeness (QED) is 0.837. The number of benzene rings is 1. The number of anilines is 1. The molecular weight excluding hydrogens is 334 g/mol. The van der Waals surface area contributed by atoms with E-state index in [1.54, 1.807) is 29.2 Å². The van der Waals surface area contributed by atoms with Gasteiger partial charge in [-0.25, -0.2) is 14.6 Å². The van der Waals surface area contributed by atoms with Crippen molar-refractivity contribution in [3.05, 3.63) is 47.1 Å². The second-order valence-electron chi connectivity index (χ2n) is 5.41. The van der Waals surface area contributed by atoms with Gasteiger partial charge < -0.3 is 19.4 Å². The van der Waals surface area contributed by atoms with Gasteiger partial charge in [-0.05, 0) is 37.1 Å². The first-order valence-electron chi connectivity index (χ1n) is 7.42. The third-order valence-corrected chi connectivity index (χ3v) is 3.85. The number of carbonyl (C=O) groups excluding carboxylic acids is 2. The van der Waals surface area contributed by atoms with Crippen LogP contribution in [-0.4, -0.2) is 35.0 Å². The molecule has 0 aliphatic heterocycles. The van der Waals surface area contributed by atoms with Crippen molar-refractivity contribution in [3.8, 4) is 0 Å². The normalized spacial score (nSPS) is 13.4. The number of oxazole rings is 1. The number of hydrogen-bond donors (Lipinski definition) is 1. The zero-order valence-electron chi connectivity index (χ0n) is 13.0. The average Bonchev–Trinajstić information content (AvgIpc) is 3.31. The predicted octanol–water partition coefficient (Wildman–Crippen LogP) is 3.31. The molecule has 126 valence electrons. The molecular formula is C16H16ClN3O4. The molecule has 1 saturated carbocycles. The number of nitrogens with zero attached hydrogens (tertiary/aromatic N) is 2.